The van der Waals surface area contributed by atoms with Crippen LogP contribution in [0.1, 0.15) is 19.4 Å². The molecule has 1 fully saturated rings. The van der Waals surface area contributed by atoms with E-state index >= 15 is 0 Å². The summed E-state index contributed by atoms with van der Waals surface area (Å²) in [6.45, 7) is 4.74. The SMILES string of the molecule is C[C@@H]1CN(c2ccc(C#N)c(Cl)c2)[C@@H](C)CN1S(=O)(=O)c1ccc(Cl)cc1. The molecular formula is C19H19Cl2N3O2S. The van der Waals surface area contributed by atoms with Crippen molar-refractivity contribution in [2.45, 2.75) is 30.8 Å². The minimum Gasteiger partial charge on any atom is -0.366 e. The Hall–Kier alpha value is -1.78. The first kappa shape index (κ1) is 20.0. The quantitative estimate of drug-likeness (QED) is 0.743. The molecule has 142 valence electrons. The van der Waals surface area contributed by atoms with Crippen LogP contribution >= 0.6 is 23.2 Å². The van der Waals surface area contributed by atoms with Crippen LogP contribution in [0.5, 0.6) is 0 Å². The largest absolute Gasteiger partial charge is 0.366 e. The van der Waals surface area contributed by atoms with Crippen molar-refractivity contribution in [3.05, 3.63) is 58.1 Å². The molecule has 0 saturated carbocycles. The number of sulfonamides is 1. The Morgan fingerprint density at radius 3 is 2.30 bits per heavy atom. The van der Waals surface area contributed by atoms with Crippen LogP contribution in [0.15, 0.2) is 47.4 Å². The zero-order chi connectivity index (χ0) is 19.8. The van der Waals surface area contributed by atoms with Crippen LogP contribution in [0.25, 0.3) is 0 Å². The second kappa shape index (κ2) is 7.69. The fourth-order valence-electron chi connectivity index (χ4n) is 3.30. The Balaban J connectivity index is 1.86. The zero-order valence-corrected chi connectivity index (χ0v) is 17.3. The van der Waals surface area contributed by atoms with Gasteiger partial charge in [0.2, 0.25) is 10.0 Å². The van der Waals surface area contributed by atoms with Crippen molar-refractivity contribution in [2.75, 3.05) is 18.0 Å². The molecule has 0 radical (unpaired) electrons. The highest BCUT2D eigenvalue weighted by molar-refractivity contribution is 7.89. The van der Waals surface area contributed by atoms with Crippen LogP contribution in [0.2, 0.25) is 10.0 Å². The van der Waals surface area contributed by atoms with Crippen molar-refractivity contribution < 1.29 is 8.42 Å². The van der Waals surface area contributed by atoms with Crippen LogP contribution in [-0.2, 0) is 10.0 Å². The zero-order valence-electron chi connectivity index (χ0n) is 14.9. The fourth-order valence-corrected chi connectivity index (χ4v) is 5.35. The highest BCUT2D eigenvalue weighted by atomic mass is 35.5. The van der Waals surface area contributed by atoms with Gasteiger partial charge in [0, 0.05) is 35.9 Å². The van der Waals surface area contributed by atoms with Crippen LogP contribution in [0.4, 0.5) is 5.69 Å². The van der Waals surface area contributed by atoms with Gasteiger partial charge in [-0.3, -0.25) is 0 Å². The second-order valence-electron chi connectivity index (χ2n) is 6.66. The monoisotopic (exact) mass is 423 g/mol. The molecular weight excluding hydrogens is 405 g/mol. The Bertz CT molecular complexity index is 987. The maximum absolute atomic E-state index is 13.0. The Kier molecular flexibility index (Phi) is 5.68. The molecule has 27 heavy (non-hydrogen) atoms. The summed E-state index contributed by atoms with van der Waals surface area (Å²) in [5.41, 5.74) is 1.30. The van der Waals surface area contributed by atoms with Gasteiger partial charge in [-0.1, -0.05) is 23.2 Å². The second-order valence-corrected chi connectivity index (χ2v) is 9.39. The van der Waals surface area contributed by atoms with Crippen LogP contribution in [0.3, 0.4) is 0 Å². The minimum absolute atomic E-state index is 0.0488. The van der Waals surface area contributed by atoms with Crippen molar-refractivity contribution in [1.29, 1.82) is 5.26 Å². The van der Waals surface area contributed by atoms with Crippen molar-refractivity contribution in [2.24, 2.45) is 0 Å². The number of hydrogen-bond donors (Lipinski definition) is 0. The molecule has 0 aromatic heterocycles. The number of piperazine rings is 1. The van der Waals surface area contributed by atoms with E-state index in [2.05, 4.69) is 4.90 Å². The lowest BCUT2D eigenvalue weighted by Crippen LogP contribution is -2.58. The molecule has 1 aliphatic heterocycles. The van der Waals surface area contributed by atoms with Gasteiger partial charge in [0.1, 0.15) is 6.07 Å². The molecule has 8 heteroatoms. The molecule has 2 aromatic rings. The van der Waals surface area contributed by atoms with E-state index in [1.807, 2.05) is 26.0 Å². The van der Waals surface area contributed by atoms with Gasteiger partial charge in [-0.25, -0.2) is 8.42 Å². The summed E-state index contributed by atoms with van der Waals surface area (Å²) in [7, 11) is -3.61. The molecule has 5 nitrogen and oxygen atoms in total. The van der Waals surface area contributed by atoms with Gasteiger partial charge in [-0.05, 0) is 56.3 Å². The van der Waals surface area contributed by atoms with E-state index in [1.165, 1.54) is 16.4 Å². The summed E-state index contributed by atoms with van der Waals surface area (Å²) >= 11 is 12.0. The number of hydrogen-bond acceptors (Lipinski definition) is 4. The first-order chi connectivity index (χ1) is 12.7. The fraction of sp³-hybridized carbons (Fsp3) is 0.316. The molecule has 0 amide bonds. The maximum Gasteiger partial charge on any atom is 0.243 e. The predicted octanol–water partition coefficient (Wildman–Crippen LogP) is 4.15. The van der Waals surface area contributed by atoms with Crippen molar-refractivity contribution in [3.63, 3.8) is 0 Å². The summed E-state index contributed by atoms with van der Waals surface area (Å²) in [5, 5.41) is 9.93. The number of halogens is 2. The number of benzene rings is 2. The number of nitrogens with zero attached hydrogens (tertiary/aromatic N) is 3. The van der Waals surface area contributed by atoms with E-state index in [9.17, 15) is 8.42 Å². The third kappa shape index (κ3) is 3.92. The van der Waals surface area contributed by atoms with Gasteiger partial charge in [-0.2, -0.15) is 9.57 Å². The number of anilines is 1. The molecule has 0 N–H and O–H groups in total. The molecule has 1 aliphatic rings. The summed E-state index contributed by atoms with van der Waals surface area (Å²) in [6.07, 6.45) is 0. The van der Waals surface area contributed by atoms with Gasteiger partial charge in [-0.15, -0.1) is 0 Å². The molecule has 0 unspecified atom stereocenters. The molecule has 0 aliphatic carbocycles. The smallest absolute Gasteiger partial charge is 0.243 e. The number of rotatable bonds is 3. The van der Waals surface area contributed by atoms with Crippen LogP contribution < -0.4 is 4.90 Å². The average molecular weight is 424 g/mol. The van der Waals surface area contributed by atoms with Gasteiger partial charge < -0.3 is 4.90 Å². The molecule has 0 bridgehead atoms. The van der Waals surface area contributed by atoms with E-state index in [-0.39, 0.29) is 17.0 Å². The minimum atomic E-state index is -3.61. The Labute approximate surface area is 169 Å². The predicted molar refractivity (Wildman–Crippen MR) is 108 cm³/mol. The summed E-state index contributed by atoms with van der Waals surface area (Å²) in [4.78, 5) is 2.35. The third-order valence-electron chi connectivity index (χ3n) is 4.75. The van der Waals surface area contributed by atoms with Gasteiger partial charge in [0.05, 0.1) is 15.5 Å². The van der Waals surface area contributed by atoms with Crippen molar-refractivity contribution in [1.82, 2.24) is 4.31 Å². The first-order valence-electron chi connectivity index (χ1n) is 8.47. The average Bonchev–Trinajstić information content (AvgIpc) is 2.63. The van der Waals surface area contributed by atoms with E-state index in [1.54, 1.807) is 24.3 Å². The molecule has 2 atom stereocenters. The third-order valence-corrected chi connectivity index (χ3v) is 7.31. The lowest BCUT2D eigenvalue weighted by Gasteiger charge is -2.44. The van der Waals surface area contributed by atoms with Gasteiger partial charge in [0.15, 0.2) is 0 Å². The Morgan fingerprint density at radius 1 is 1.04 bits per heavy atom. The van der Waals surface area contributed by atoms with Gasteiger partial charge >= 0.3 is 0 Å². The van der Waals surface area contributed by atoms with Crippen LogP contribution in [-0.4, -0.2) is 37.9 Å². The summed E-state index contributed by atoms with van der Waals surface area (Å²) in [6, 6.07) is 13.3. The van der Waals surface area contributed by atoms with Gasteiger partial charge in [0.25, 0.3) is 0 Å². The lowest BCUT2D eigenvalue weighted by molar-refractivity contribution is 0.273. The molecule has 2 aromatic carbocycles. The normalized spacial score (nSPS) is 21.1. The first-order valence-corrected chi connectivity index (χ1v) is 10.7. The molecule has 1 saturated heterocycles. The lowest BCUT2D eigenvalue weighted by atomic mass is 10.1. The van der Waals surface area contributed by atoms with E-state index < -0.39 is 10.0 Å². The highest BCUT2D eigenvalue weighted by Crippen LogP contribution is 2.30. The standard InChI is InChI=1S/C19H19Cl2N3O2S/c1-13-12-24(27(25,26)18-7-4-16(20)5-8-18)14(2)11-23(13)17-6-3-15(10-22)19(21)9-17/h3-9,13-14H,11-12H2,1-2H3/t13-,14+/m0/s1. The van der Waals surface area contributed by atoms with E-state index in [0.717, 1.165) is 5.69 Å². The number of nitriles is 1. The topological polar surface area (TPSA) is 64.4 Å². The van der Waals surface area contributed by atoms with Crippen molar-refractivity contribution in [3.8, 4) is 6.07 Å². The van der Waals surface area contributed by atoms with E-state index in [4.69, 9.17) is 28.5 Å². The summed E-state index contributed by atoms with van der Waals surface area (Å²) in [5.74, 6) is 0. The summed E-state index contributed by atoms with van der Waals surface area (Å²) < 4.78 is 27.6. The van der Waals surface area contributed by atoms with Crippen molar-refractivity contribution >= 4 is 38.9 Å². The molecule has 3 rings (SSSR count). The molecule has 0 spiro atoms. The molecule has 1 heterocycles. The Morgan fingerprint density at radius 2 is 1.70 bits per heavy atom. The van der Waals surface area contributed by atoms with E-state index in [0.29, 0.717) is 28.7 Å². The highest BCUT2D eigenvalue weighted by Gasteiger charge is 2.37. The maximum atomic E-state index is 13.0. The van der Waals surface area contributed by atoms with Crippen LogP contribution in [0, 0.1) is 11.3 Å².